The Labute approximate surface area is 107 Å². The van der Waals surface area contributed by atoms with Gasteiger partial charge >= 0.3 is 0 Å². The molecule has 3 nitrogen and oxygen atoms in total. The largest absolute Gasteiger partial charge is 0.497 e. The van der Waals surface area contributed by atoms with Gasteiger partial charge in [-0.05, 0) is 25.4 Å². The van der Waals surface area contributed by atoms with Crippen LogP contribution in [0.25, 0.3) is 0 Å². The minimum atomic E-state index is 0.132. The van der Waals surface area contributed by atoms with Gasteiger partial charge in [-0.1, -0.05) is 12.1 Å². The summed E-state index contributed by atoms with van der Waals surface area (Å²) >= 11 is 1.79. The lowest BCUT2D eigenvalue weighted by molar-refractivity contribution is 0.0949. The Morgan fingerprint density at radius 1 is 1.47 bits per heavy atom. The van der Waals surface area contributed by atoms with Gasteiger partial charge in [0.25, 0.3) is 0 Å². The number of hydrogen-bond donors (Lipinski definition) is 0. The van der Waals surface area contributed by atoms with Gasteiger partial charge in [-0.25, -0.2) is 0 Å². The van der Waals surface area contributed by atoms with Crippen molar-refractivity contribution in [2.45, 2.75) is 0 Å². The second kappa shape index (κ2) is 7.35. The Morgan fingerprint density at radius 2 is 2.24 bits per heavy atom. The molecule has 1 aromatic carbocycles. The summed E-state index contributed by atoms with van der Waals surface area (Å²) in [5, 5.41) is 0. The second-order valence-electron chi connectivity index (χ2n) is 3.89. The molecule has 0 spiro atoms. The number of benzene rings is 1. The van der Waals surface area contributed by atoms with E-state index < -0.39 is 0 Å². The predicted molar refractivity (Wildman–Crippen MR) is 73.2 cm³/mol. The molecule has 1 aromatic rings. The summed E-state index contributed by atoms with van der Waals surface area (Å²) in [6.45, 7) is 1.38. The van der Waals surface area contributed by atoms with E-state index in [0.717, 1.165) is 18.0 Å². The number of Topliss-reactive ketones (excluding diaryl/α,β-unsaturated/α-hetero) is 1. The Kier molecular flexibility index (Phi) is 6.08. The maximum Gasteiger partial charge on any atom is 0.176 e. The SMILES string of the molecule is COc1cccc(C(=O)CN(C)CCSC)c1. The summed E-state index contributed by atoms with van der Waals surface area (Å²) in [6.07, 6.45) is 2.07. The highest BCUT2D eigenvalue weighted by molar-refractivity contribution is 7.98. The van der Waals surface area contributed by atoms with Crippen LogP contribution in [0, 0.1) is 0 Å². The topological polar surface area (TPSA) is 29.5 Å². The van der Waals surface area contributed by atoms with Gasteiger partial charge in [0.1, 0.15) is 5.75 Å². The van der Waals surface area contributed by atoms with Crippen LogP contribution in [0.5, 0.6) is 5.75 Å². The van der Waals surface area contributed by atoms with Crippen molar-refractivity contribution in [1.29, 1.82) is 0 Å². The molecule has 0 aliphatic carbocycles. The third kappa shape index (κ3) is 4.79. The zero-order valence-corrected chi connectivity index (χ0v) is 11.4. The minimum absolute atomic E-state index is 0.132. The lowest BCUT2D eigenvalue weighted by Gasteiger charge is -2.14. The number of hydrogen-bond acceptors (Lipinski definition) is 4. The predicted octanol–water partition coefficient (Wildman–Crippen LogP) is 2.17. The van der Waals surface area contributed by atoms with Gasteiger partial charge < -0.3 is 4.74 Å². The average molecular weight is 253 g/mol. The number of ketones is 1. The molecule has 0 saturated heterocycles. The number of thioether (sulfide) groups is 1. The highest BCUT2D eigenvalue weighted by Crippen LogP contribution is 2.13. The number of likely N-dealkylation sites (N-methyl/N-ethyl adjacent to an activating group) is 1. The van der Waals surface area contributed by atoms with Gasteiger partial charge in [0, 0.05) is 17.9 Å². The quantitative estimate of drug-likeness (QED) is 0.697. The number of rotatable bonds is 7. The molecule has 0 unspecified atom stereocenters. The van der Waals surface area contributed by atoms with Crippen molar-refractivity contribution in [1.82, 2.24) is 4.90 Å². The lowest BCUT2D eigenvalue weighted by atomic mass is 10.1. The van der Waals surface area contributed by atoms with Crippen molar-refractivity contribution >= 4 is 17.5 Å². The van der Waals surface area contributed by atoms with Gasteiger partial charge in [0.15, 0.2) is 5.78 Å². The number of carbonyl (C=O) groups excluding carboxylic acids is 1. The van der Waals surface area contributed by atoms with E-state index in [1.54, 1.807) is 24.9 Å². The molecule has 0 fully saturated rings. The number of carbonyl (C=O) groups is 1. The Hall–Kier alpha value is -1.00. The van der Waals surface area contributed by atoms with Gasteiger partial charge in [0.05, 0.1) is 13.7 Å². The smallest absolute Gasteiger partial charge is 0.176 e. The van der Waals surface area contributed by atoms with Crippen LogP contribution in [0.1, 0.15) is 10.4 Å². The van der Waals surface area contributed by atoms with Gasteiger partial charge in [-0.3, -0.25) is 9.69 Å². The van der Waals surface area contributed by atoms with E-state index >= 15 is 0 Å². The van der Waals surface area contributed by atoms with Gasteiger partial charge in [0.2, 0.25) is 0 Å². The molecule has 17 heavy (non-hydrogen) atoms. The third-order valence-electron chi connectivity index (χ3n) is 2.48. The van der Waals surface area contributed by atoms with Crippen molar-refractivity contribution in [3.8, 4) is 5.75 Å². The molecular weight excluding hydrogens is 234 g/mol. The molecule has 4 heteroatoms. The molecule has 0 N–H and O–H groups in total. The Balaban J connectivity index is 2.56. The molecule has 0 atom stereocenters. The van der Waals surface area contributed by atoms with Crippen LogP contribution in [0.15, 0.2) is 24.3 Å². The molecule has 0 amide bonds. The first kappa shape index (κ1) is 14.1. The summed E-state index contributed by atoms with van der Waals surface area (Å²) in [7, 11) is 3.57. The first-order valence-electron chi connectivity index (χ1n) is 5.52. The Bertz CT molecular complexity index is 368. The minimum Gasteiger partial charge on any atom is -0.497 e. The standard InChI is InChI=1S/C13H19NO2S/c1-14(7-8-17-3)10-13(15)11-5-4-6-12(9-11)16-2/h4-6,9H,7-8,10H2,1-3H3. The van der Waals surface area contributed by atoms with E-state index in [9.17, 15) is 4.79 Å². The molecule has 0 radical (unpaired) electrons. The zero-order valence-electron chi connectivity index (χ0n) is 10.6. The molecule has 0 aromatic heterocycles. The summed E-state index contributed by atoms with van der Waals surface area (Å²) in [6, 6.07) is 7.29. The van der Waals surface area contributed by atoms with E-state index in [1.165, 1.54) is 0 Å². The molecule has 94 valence electrons. The summed E-state index contributed by atoms with van der Waals surface area (Å²) in [4.78, 5) is 14.0. The van der Waals surface area contributed by atoms with Crippen molar-refractivity contribution in [2.24, 2.45) is 0 Å². The molecule has 1 rings (SSSR count). The summed E-state index contributed by atoms with van der Waals surface area (Å²) in [5.74, 6) is 1.90. The van der Waals surface area contributed by atoms with Crippen LogP contribution >= 0.6 is 11.8 Å². The molecule has 0 aliphatic heterocycles. The average Bonchev–Trinajstić information content (AvgIpc) is 2.36. The van der Waals surface area contributed by atoms with Gasteiger partial charge in [-0.2, -0.15) is 11.8 Å². The summed E-state index contributed by atoms with van der Waals surface area (Å²) < 4.78 is 5.11. The van der Waals surface area contributed by atoms with E-state index in [-0.39, 0.29) is 5.78 Å². The fourth-order valence-electron chi connectivity index (χ4n) is 1.46. The third-order valence-corrected chi connectivity index (χ3v) is 3.07. The van der Waals surface area contributed by atoms with Crippen LogP contribution in [0.4, 0.5) is 0 Å². The van der Waals surface area contributed by atoms with Crippen molar-refractivity contribution in [3.63, 3.8) is 0 Å². The fraction of sp³-hybridized carbons (Fsp3) is 0.462. The molecule has 0 aliphatic rings. The second-order valence-corrected chi connectivity index (χ2v) is 4.87. The monoisotopic (exact) mass is 253 g/mol. The van der Waals surface area contributed by atoms with Crippen LogP contribution in [-0.2, 0) is 0 Å². The fourth-order valence-corrected chi connectivity index (χ4v) is 1.95. The lowest BCUT2D eigenvalue weighted by Crippen LogP contribution is -2.28. The maximum absolute atomic E-state index is 12.0. The molecule has 0 heterocycles. The van der Waals surface area contributed by atoms with E-state index in [0.29, 0.717) is 12.1 Å². The molecule has 0 bridgehead atoms. The van der Waals surface area contributed by atoms with E-state index in [1.807, 2.05) is 30.1 Å². The first-order chi connectivity index (χ1) is 8.17. The van der Waals surface area contributed by atoms with Crippen LogP contribution in [0.2, 0.25) is 0 Å². The first-order valence-corrected chi connectivity index (χ1v) is 6.91. The highest BCUT2D eigenvalue weighted by Gasteiger charge is 2.09. The zero-order chi connectivity index (χ0) is 12.7. The normalized spacial score (nSPS) is 10.6. The number of methoxy groups -OCH3 is 1. The maximum atomic E-state index is 12.0. The summed E-state index contributed by atoms with van der Waals surface area (Å²) in [5.41, 5.74) is 0.709. The number of nitrogens with zero attached hydrogens (tertiary/aromatic N) is 1. The Morgan fingerprint density at radius 3 is 2.88 bits per heavy atom. The molecular formula is C13H19NO2S. The van der Waals surface area contributed by atoms with E-state index in [2.05, 4.69) is 6.26 Å². The molecule has 0 saturated carbocycles. The van der Waals surface area contributed by atoms with Crippen molar-refractivity contribution in [2.75, 3.05) is 39.3 Å². The van der Waals surface area contributed by atoms with Crippen molar-refractivity contribution < 1.29 is 9.53 Å². The van der Waals surface area contributed by atoms with E-state index in [4.69, 9.17) is 4.74 Å². The highest BCUT2D eigenvalue weighted by atomic mass is 32.2. The van der Waals surface area contributed by atoms with Crippen LogP contribution in [0.3, 0.4) is 0 Å². The van der Waals surface area contributed by atoms with Crippen LogP contribution < -0.4 is 4.74 Å². The number of ether oxygens (including phenoxy) is 1. The van der Waals surface area contributed by atoms with Crippen LogP contribution in [-0.4, -0.2) is 49.9 Å². The van der Waals surface area contributed by atoms with Gasteiger partial charge in [-0.15, -0.1) is 0 Å². The van der Waals surface area contributed by atoms with Crippen molar-refractivity contribution in [3.05, 3.63) is 29.8 Å².